The van der Waals surface area contributed by atoms with Crippen LogP contribution in [0.3, 0.4) is 0 Å². The summed E-state index contributed by atoms with van der Waals surface area (Å²) in [6.45, 7) is 2.03. The quantitative estimate of drug-likeness (QED) is 0.661. The van der Waals surface area contributed by atoms with E-state index in [9.17, 15) is 9.59 Å². The van der Waals surface area contributed by atoms with Crippen LogP contribution in [0.25, 0.3) is 11.2 Å². The van der Waals surface area contributed by atoms with Crippen molar-refractivity contribution in [1.82, 2.24) is 18.7 Å². The fourth-order valence-corrected chi connectivity index (χ4v) is 3.19. The molecule has 0 saturated heterocycles. The highest BCUT2D eigenvalue weighted by Gasteiger charge is 2.19. The van der Waals surface area contributed by atoms with Crippen molar-refractivity contribution in [3.8, 4) is 0 Å². The van der Waals surface area contributed by atoms with E-state index in [2.05, 4.69) is 10.3 Å². The van der Waals surface area contributed by atoms with Crippen LogP contribution < -0.4 is 16.6 Å². The molecule has 27 heavy (non-hydrogen) atoms. The number of hydrogen-bond donors (Lipinski definition) is 2. The van der Waals surface area contributed by atoms with E-state index in [1.54, 1.807) is 36.9 Å². The van der Waals surface area contributed by atoms with Crippen LogP contribution in [0.15, 0.2) is 33.9 Å². The van der Waals surface area contributed by atoms with Crippen LogP contribution in [0.4, 0.5) is 5.95 Å². The monoisotopic (exact) mass is 391 g/mol. The Hall–Kier alpha value is -2.58. The number of rotatable bonds is 6. The first-order chi connectivity index (χ1) is 12.8. The lowest BCUT2D eigenvalue weighted by molar-refractivity contribution is 0.282. The lowest BCUT2D eigenvalue weighted by Crippen LogP contribution is -2.39. The highest BCUT2D eigenvalue weighted by molar-refractivity contribution is 6.31. The normalized spacial score (nSPS) is 12.5. The van der Waals surface area contributed by atoms with Crippen LogP contribution in [0, 0.1) is 0 Å². The smallest absolute Gasteiger partial charge is 0.332 e. The Morgan fingerprint density at radius 1 is 1.22 bits per heavy atom. The van der Waals surface area contributed by atoms with Crippen LogP contribution in [-0.4, -0.2) is 36.4 Å². The molecule has 0 aliphatic carbocycles. The van der Waals surface area contributed by atoms with Crippen molar-refractivity contribution in [3.63, 3.8) is 0 Å². The SMILES string of the molecule is C[C@H](CCO)Nc1nc2c(c(=O)n(Cc3ccccc3Cl)c(=O)n2C)n1C. The van der Waals surface area contributed by atoms with E-state index < -0.39 is 11.2 Å². The van der Waals surface area contributed by atoms with Crippen molar-refractivity contribution in [3.05, 3.63) is 55.7 Å². The Morgan fingerprint density at radius 3 is 2.59 bits per heavy atom. The van der Waals surface area contributed by atoms with E-state index in [0.29, 0.717) is 34.1 Å². The summed E-state index contributed by atoms with van der Waals surface area (Å²) in [4.78, 5) is 30.2. The molecule has 1 atom stereocenters. The number of aliphatic hydroxyl groups is 1. The molecule has 8 nitrogen and oxygen atoms in total. The molecule has 0 amide bonds. The maximum atomic E-state index is 13.0. The maximum Gasteiger partial charge on any atom is 0.332 e. The van der Waals surface area contributed by atoms with Crippen LogP contribution >= 0.6 is 11.6 Å². The Kier molecular flexibility index (Phi) is 5.38. The molecular formula is C18H22ClN5O3. The van der Waals surface area contributed by atoms with Gasteiger partial charge in [0.25, 0.3) is 5.56 Å². The van der Waals surface area contributed by atoms with Crippen LogP contribution in [0.1, 0.15) is 18.9 Å². The van der Waals surface area contributed by atoms with Gasteiger partial charge in [0.1, 0.15) is 0 Å². The first-order valence-corrected chi connectivity index (χ1v) is 9.00. The molecule has 0 aliphatic rings. The molecule has 0 aliphatic heterocycles. The number of nitrogens with zero attached hydrogens (tertiary/aromatic N) is 4. The minimum atomic E-state index is -0.458. The predicted octanol–water partition coefficient (Wildman–Crippen LogP) is 1.32. The largest absolute Gasteiger partial charge is 0.396 e. The van der Waals surface area contributed by atoms with Gasteiger partial charge >= 0.3 is 5.69 Å². The molecular weight excluding hydrogens is 370 g/mol. The molecule has 0 fully saturated rings. The average molecular weight is 392 g/mol. The van der Waals surface area contributed by atoms with E-state index in [4.69, 9.17) is 16.7 Å². The molecule has 2 N–H and O–H groups in total. The van der Waals surface area contributed by atoms with Crippen molar-refractivity contribution in [2.45, 2.75) is 25.9 Å². The van der Waals surface area contributed by atoms with Gasteiger partial charge in [-0.3, -0.25) is 13.9 Å². The summed E-state index contributed by atoms with van der Waals surface area (Å²) in [6.07, 6.45) is 0.541. The molecule has 2 aromatic heterocycles. The predicted molar refractivity (Wildman–Crippen MR) is 106 cm³/mol. The zero-order valence-corrected chi connectivity index (χ0v) is 16.2. The summed E-state index contributed by atoms with van der Waals surface area (Å²) >= 11 is 6.19. The number of hydrogen-bond acceptors (Lipinski definition) is 5. The molecule has 0 saturated carbocycles. The topological polar surface area (TPSA) is 94.1 Å². The molecule has 0 radical (unpaired) electrons. The Morgan fingerprint density at radius 2 is 1.93 bits per heavy atom. The van der Waals surface area contributed by atoms with Crippen molar-refractivity contribution in [1.29, 1.82) is 0 Å². The molecule has 144 valence electrons. The zero-order valence-electron chi connectivity index (χ0n) is 15.4. The second-order valence-electron chi connectivity index (χ2n) is 6.55. The number of aliphatic hydroxyl groups excluding tert-OH is 1. The summed E-state index contributed by atoms with van der Waals surface area (Å²) in [7, 11) is 3.30. The summed E-state index contributed by atoms with van der Waals surface area (Å²) in [5, 5.41) is 12.7. The highest BCUT2D eigenvalue weighted by Crippen LogP contribution is 2.17. The van der Waals surface area contributed by atoms with Gasteiger partial charge in [0.2, 0.25) is 5.95 Å². The highest BCUT2D eigenvalue weighted by atomic mass is 35.5. The van der Waals surface area contributed by atoms with Crippen molar-refractivity contribution in [2.75, 3.05) is 11.9 Å². The fourth-order valence-electron chi connectivity index (χ4n) is 3.00. The van der Waals surface area contributed by atoms with Gasteiger partial charge in [-0.05, 0) is 25.0 Å². The summed E-state index contributed by atoms with van der Waals surface area (Å²) in [5.74, 6) is 0.466. The molecule has 3 rings (SSSR count). The maximum absolute atomic E-state index is 13.0. The lowest BCUT2D eigenvalue weighted by atomic mass is 10.2. The van der Waals surface area contributed by atoms with Gasteiger partial charge in [0.05, 0.1) is 6.54 Å². The van der Waals surface area contributed by atoms with E-state index in [-0.39, 0.29) is 19.2 Å². The molecule has 3 aromatic rings. The number of benzene rings is 1. The number of fused-ring (bicyclic) bond motifs is 1. The standard InChI is InChI=1S/C18H22ClN5O3/c1-11(8-9-25)20-17-21-15-14(22(17)2)16(26)24(18(27)23(15)3)10-12-6-4-5-7-13(12)19/h4-7,11,25H,8-10H2,1-3H3,(H,20,21)/t11-/m1/s1. The molecule has 1 aromatic carbocycles. The van der Waals surface area contributed by atoms with E-state index in [1.807, 2.05) is 13.0 Å². The Balaban J connectivity index is 2.15. The van der Waals surface area contributed by atoms with E-state index in [1.165, 1.54) is 4.57 Å². The van der Waals surface area contributed by atoms with Gasteiger partial charge in [-0.15, -0.1) is 0 Å². The number of aromatic nitrogens is 4. The summed E-state index contributed by atoms with van der Waals surface area (Å²) < 4.78 is 4.15. The summed E-state index contributed by atoms with van der Waals surface area (Å²) in [5.41, 5.74) is 0.436. The third kappa shape index (κ3) is 3.50. The van der Waals surface area contributed by atoms with Gasteiger partial charge < -0.3 is 15.0 Å². The van der Waals surface area contributed by atoms with Crippen LogP contribution in [0.5, 0.6) is 0 Å². The Labute approximate surface area is 160 Å². The molecule has 0 unspecified atom stereocenters. The number of nitrogens with one attached hydrogen (secondary N) is 1. The second kappa shape index (κ2) is 7.58. The fraction of sp³-hybridized carbons (Fsp3) is 0.389. The first-order valence-electron chi connectivity index (χ1n) is 8.62. The first kappa shape index (κ1) is 19.2. The lowest BCUT2D eigenvalue weighted by Gasteiger charge is -2.12. The van der Waals surface area contributed by atoms with Crippen molar-refractivity contribution >= 4 is 28.7 Å². The zero-order chi connectivity index (χ0) is 19.7. The van der Waals surface area contributed by atoms with E-state index in [0.717, 1.165) is 4.57 Å². The molecule has 9 heteroatoms. The number of anilines is 1. The van der Waals surface area contributed by atoms with Crippen LogP contribution in [0.2, 0.25) is 5.02 Å². The molecule has 0 spiro atoms. The van der Waals surface area contributed by atoms with E-state index >= 15 is 0 Å². The number of aryl methyl sites for hydroxylation is 2. The van der Waals surface area contributed by atoms with Crippen molar-refractivity contribution < 1.29 is 5.11 Å². The number of halogens is 1. The van der Waals surface area contributed by atoms with Gasteiger partial charge in [-0.1, -0.05) is 29.8 Å². The third-order valence-electron chi connectivity index (χ3n) is 4.58. The minimum absolute atomic E-state index is 0.0344. The van der Waals surface area contributed by atoms with Gasteiger partial charge in [0.15, 0.2) is 11.2 Å². The van der Waals surface area contributed by atoms with Crippen LogP contribution in [-0.2, 0) is 20.6 Å². The summed E-state index contributed by atoms with van der Waals surface area (Å²) in [6, 6.07) is 7.07. The number of imidazole rings is 1. The van der Waals surface area contributed by atoms with Gasteiger partial charge in [-0.25, -0.2) is 4.79 Å². The molecule has 2 heterocycles. The minimum Gasteiger partial charge on any atom is -0.396 e. The van der Waals surface area contributed by atoms with Gasteiger partial charge in [0, 0.05) is 31.8 Å². The average Bonchev–Trinajstić information content (AvgIpc) is 2.95. The third-order valence-corrected chi connectivity index (χ3v) is 4.95. The second-order valence-corrected chi connectivity index (χ2v) is 6.96. The van der Waals surface area contributed by atoms with Gasteiger partial charge in [-0.2, -0.15) is 4.98 Å². The molecule has 0 bridgehead atoms. The van der Waals surface area contributed by atoms with Crippen molar-refractivity contribution in [2.24, 2.45) is 14.1 Å². The Bertz CT molecular complexity index is 1100.